The smallest absolute Gasteiger partial charge is 0.743 e. The Morgan fingerprint density at radius 2 is 1.71 bits per heavy atom. The van der Waals surface area contributed by atoms with Crippen molar-refractivity contribution in [2.75, 3.05) is 0 Å². The molecule has 0 amide bonds. The van der Waals surface area contributed by atoms with Gasteiger partial charge in [0.1, 0.15) is 10.1 Å². The minimum absolute atomic E-state index is 0. The first-order chi connectivity index (χ1) is 5.84. The molecule has 0 saturated heterocycles. The van der Waals surface area contributed by atoms with Crippen LogP contribution in [-0.4, -0.2) is 18.0 Å². The Kier molecular flexibility index (Phi) is 4.53. The van der Waals surface area contributed by atoms with Gasteiger partial charge in [0.2, 0.25) is 0 Å². The summed E-state index contributed by atoms with van der Waals surface area (Å²) in [6, 6.07) is 0. The fraction of sp³-hybridized carbons (Fsp3) is 0. The van der Waals surface area contributed by atoms with Crippen molar-refractivity contribution in [2.45, 2.75) is 5.03 Å². The van der Waals surface area contributed by atoms with Crippen LogP contribution in [0.25, 0.3) is 0 Å². The van der Waals surface area contributed by atoms with Crippen LogP contribution in [0.1, 0.15) is 0 Å². The summed E-state index contributed by atoms with van der Waals surface area (Å²) in [6.45, 7) is 0. The van der Waals surface area contributed by atoms with E-state index in [4.69, 9.17) is 0 Å². The zero-order chi connectivity index (χ0) is 10.2. The Hall–Kier alpha value is -0.150. The van der Waals surface area contributed by atoms with Gasteiger partial charge in [-0.05, 0) is 0 Å². The van der Waals surface area contributed by atoms with E-state index in [0.29, 0.717) is 0 Å². The van der Waals surface area contributed by atoms with Crippen LogP contribution < -0.4 is 29.6 Å². The number of hydrogen-bond donors (Lipinski definition) is 0. The Bertz CT molecular complexity index is 450. The Morgan fingerprint density at radius 3 is 2.14 bits per heavy atom. The van der Waals surface area contributed by atoms with Gasteiger partial charge in [0.15, 0.2) is 22.5 Å². The molecule has 0 radical (unpaired) electrons. The molecule has 1 aromatic rings. The summed E-state index contributed by atoms with van der Waals surface area (Å²) in [7, 11) is -5.22. The molecular formula is C5HF3NNaO3S. The van der Waals surface area contributed by atoms with Gasteiger partial charge < -0.3 is 4.55 Å². The zero-order valence-corrected chi connectivity index (χ0v) is 9.61. The normalized spacial score (nSPS) is 10.9. The van der Waals surface area contributed by atoms with Crippen molar-refractivity contribution >= 4 is 10.1 Å². The van der Waals surface area contributed by atoms with E-state index < -0.39 is 32.6 Å². The molecule has 1 rings (SSSR count). The van der Waals surface area contributed by atoms with E-state index in [9.17, 15) is 26.1 Å². The van der Waals surface area contributed by atoms with Crippen molar-refractivity contribution in [3.8, 4) is 0 Å². The van der Waals surface area contributed by atoms with Crippen LogP contribution in [-0.2, 0) is 10.1 Å². The van der Waals surface area contributed by atoms with E-state index in [1.165, 1.54) is 0 Å². The predicted octanol–water partition coefficient (Wildman–Crippen LogP) is -2.59. The van der Waals surface area contributed by atoms with E-state index in [2.05, 4.69) is 4.98 Å². The van der Waals surface area contributed by atoms with Crippen LogP contribution in [0, 0.1) is 17.5 Å². The van der Waals surface area contributed by atoms with Gasteiger partial charge in [0.05, 0.1) is 6.20 Å². The minimum atomic E-state index is -5.22. The first-order valence-corrected chi connectivity index (χ1v) is 4.20. The third kappa shape index (κ3) is 2.67. The van der Waals surface area contributed by atoms with Crippen molar-refractivity contribution in [1.29, 1.82) is 0 Å². The molecule has 0 fully saturated rings. The van der Waals surface area contributed by atoms with E-state index in [1.54, 1.807) is 0 Å². The van der Waals surface area contributed by atoms with Gasteiger partial charge in [-0.2, -0.15) is 0 Å². The van der Waals surface area contributed by atoms with Crippen LogP contribution in [0.2, 0.25) is 0 Å². The van der Waals surface area contributed by atoms with Crippen molar-refractivity contribution in [2.24, 2.45) is 0 Å². The molecule has 9 heteroatoms. The molecule has 0 N–H and O–H groups in total. The van der Waals surface area contributed by atoms with Gasteiger partial charge in [-0.15, -0.1) is 0 Å². The molecule has 14 heavy (non-hydrogen) atoms. The standard InChI is InChI=1S/C5H2F3NO3S.Na/c6-2-1-9-5(13(10,11)12)4(8)3(2)7;/h1H,(H,10,11,12);/q;+1/p-1. The molecule has 0 aliphatic heterocycles. The van der Waals surface area contributed by atoms with Gasteiger partial charge in [0, 0.05) is 0 Å². The number of hydrogen-bond acceptors (Lipinski definition) is 4. The average Bonchev–Trinajstić information content (AvgIpc) is 1.98. The molecule has 0 bridgehead atoms. The van der Waals surface area contributed by atoms with Crippen molar-refractivity contribution < 1.29 is 55.7 Å². The topological polar surface area (TPSA) is 70.1 Å². The van der Waals surface area contributed by atoms with Gasteiger partial charge >= 0.3 is 29.6 Å². The van der Waals surface area contributed by atoms with Crippen LogP contribution >= 0.6 is 0 Å². The van der Waals surface area contributed by atoms with Gasteiger partial charge in [-0.3, -0.25) is 0 Å². The summed E-state index contributed by atoms with van der Waals surface area (Å²) in [5.74, 6) is -5.80. The van der Waals surface area contributed by atoms with Crippen LogP contribution in [0.3, 0.4) is 0 Å². The quantitative estimate of drug-likeness (QED) is 0.395. The van der Waals surface area contributed by atoms with E-state index in [1.807, 2.05) is 0 Å². The van der Waals surface area contributed by atoms with Crippen molar-refractivity contribution in [3.63, 3.8) is 0 Å². The summed E-state index contributed by atoms with van der Waals surface area (Å²) in [6.07, 6.45) is 0.114. The molecule has 0 unspecified atom stereocenters. The second kappa shape index (κ2) is 4.58. The summed E-state index contributed by atoms with van der Waals surface area (Å²) in [5.41, 5.74) is 0. The third-order valence-electron chi connectivity index (χ3n) is 1.12. The number of pyridine rings is 1. The van der Waals surface area contributed by atoms with Crippen molar-refractivity contribution in [1.82, 2.24) is 4.98 Å². The fourth-order valence-corrected chi connectivity index (χ4v) is 1.09. The van der Waals surface area contributed by atoms with Crippen LogP contribution in [0.4, 0.5) is 13.2 Å². The maximum atomic E-state index is 12.5. The summed E-state index contributed by atoms with van der Waals surface area (Å²) < 4.78 is 67.5. The third-order valence-corrected chi connectivity index (χ3v) is 1.88. The number of halogens is 3. The molecule has 0 aromatic carbocycles. The first kappa shape index (κ1) is 13.8. The molecule has 0 spiro atoms. The van der Waals surface area contributed by atoms with Gasteiger partial charge in [0.25, 0.3) is 0 Å². The van der Waals surface area contributed by atoms with Gasteiger partial charge in [-0.1, -0.05) is 0 Å². The summed E-state index contributed by atoms with van der Waals surface area (Å²) in [5, 5.41) is -1.65. The van der Waals surface area contributed by atoms with Crippen molar-refractivity contribution in [3.05, 3.63) is 23.6 Å². The summed E-state index contributed by atoms with van der Waals surface area (Å²) >= 11 is 0. The van der Waals surface area contributed by atoms with Gasteiger partial charge in [-0.25, -0.2) is 26.6 Å². The molecular weight excluding hydrogens is 234 g/mol. The monoisotopic (exact) mass is 235 g/mol. The molecule has 4 nitrogen and oxygen atoms in total. The predicted molar refractivity (Wildman–Crippen MR) is 32.1 cm³/mol. The van der Waals surface area contributed by atoms with E-state index >= 15 is 0 Å². The molecule has 1 heterocycles. The molecule has 0 atom stereocenters. The number of rotatable bonds is 1. The Morgan fingerprint density at radius 1 is 1.21 bits per heavy atom. The fourth-order valence-electron chi connectivity index (χ4n) is 0.602. The maximum absolute atomic E-state index is 12.5. The molecule has 72 valence electrons. The average molecular weight is 235 g/mol. The molecule has 0 aliphatic carbocycles. The van der Waals surface area contributed by atoms with E-state index in [-0.39, 0.29) is 35.8 Å². The Labute approximate surface area is 99.2 Å². The number of aromatic nitrogens is 1. The second-order valence-electron chi connectivity index (χ2n) is 1.99. The largest absolute Gasteiger partial charge is 1.00 e. The summed E-state index contributed by atoms with van der Waals surface area (Å²) in [4.78, 5) is 2.62. The maximum Gasteiger partial charge on any atom is 1.00 e. The van der Waals surface area contributed by atoms with E-state index in [0.717, 1.165) is 0 Å². The number of nitrogens with zero attached hydrogens (tertiary/aromatic N) is 1. The first-order valence-electron chi connectivity index (χ1n) is 2.79. The Balaban J connectivity index is 0.00000169. The molecule has 0 saturated carbocycles. The minimum Gasteiger partial charge on any atom is -0.743 e. The van der Waals surface area contributed by atoms with Crippen LogP contribution in [0.15, 0.2) is 11.2 Å². The second-order valence-corrected chi connectivity index (χ2v) is 3.29. The SMILES string of the molecule is O=S(=O)([O-])c1ncc(F)c(F)c1F.[Na+]. The molecule has 1 aromatic heterocycles. The zero-order valence-electron chi connectivity index (χ0n) is 6.79. The van der Waals surface area contributed by atoms with Crippen LogP contribution in [0.5, 0.6) is 0 Å². The molecule has 0 aliphatic rings.